The molecule has 1 unspecified atom stereocenters. The van der Waals surface area contributed by atoms with E-state index in [9.17, 15) is 46.2 Å². The molecule has 2 fully saturated rings. The van der Waals surface area contributed by atoms with E-state index in [0.717, 1.165) is 109 Å². The molecule has 4 heterocycles. The molecule has 19 heteroatoms. The van der Waals surface area contributed by atoms with E-state index < -0.39 is 69.3 Å². The van der Waals surface area contributed by atoms with Crippen molar-refractivity contribution in [2.75, 3.05) is 36.8 Å². The number of benzene rings is 12. The summed E-state index contributed by atoms with van der Waals surface area (Å²) >= 11 is 0. The normalized spacial score (nSPS) is 13.8. The molecule has 2 aliphatic heterocycles. The predicted octanol–water partition coefficient (Wildman–Crippen LogP) is 18.7. The minimum atomic E-state index is -1.31. The second kappa shape index (κ2) is 31.4. The van der Waals surface area contributed by atoms with Crippen molar-refractivity contribution in [3.8, 4) is 0 Å². The third-order valence-electron chi connectivity index (χ3n) is 20.6. The van der Waals surface area contributed by atoms with E-state index in [1.165, 1.54) is 42.5 Å². The predicted molar refractivity (Wildman–Crippen MR) is 412 cm³/mol. The molecule has 2 saturated heterocycles. The average Bonchev–Trinajstić information content (AvgIpc) is 1.47. The van der Waals surface area contributed by atoms with Crippen LogP contribution in [0.4, 0.5) is 38.0 Å². The van der Waals surface area contributed by atoms with E-state index in [1.54, 1.807) is 6.07 Å². The van der Waals surface area contributed by atoms with E-state index in [4.69, 9.17) is 10.2 Å². The summed E-state index contributed by atoms with van der Waals surface area (Å²) in [6.07, 6.45) is 4.47. The van der Waals surface area contributed by atoms with Crippen molar-refractivity contribution in [1.82, 2.24) is 29.4 Å². The molecule has 3 amide bonds. The Labute approximate surface area is 630 Å². The van der Waals surface area contributed by atoms with E-state index >= 15 is 4.39 Å². The summed E-state index contributed by atoms with van der Waals surface area (Å²) in [6, 6.07) is 83.9. The molecule has 12 aromatic carbocycles. The number of nitrogens with zero attached hydrogens (tertiary/aromatic N) is 6. The molecule has 0 radical (unpaired) electrons. The number of hydrogen-bond donors (Lipinski definition) is 3. The lowest BCUT2D eigenvalue weighted by atomic mass is 9.77. The Kier molecular flexibility index (Phi) is 20.7. The van der Waals surface area contributed by atoms with Crippen LogP contribution < -0.4 is 10.6 Å². The van der Waals surface area contributed by atoms with Crippen LogP contribution >= 0.6 is 0 Å². The summed E-state index contributed by atoms with van der Waals surface area (Å²) in [7, 11) is 0. The molecular formula is C91H72F6N8O5. The van der Waals surface area contributed by atoms with Gasteiger partial charge in [0.25, 0.3) is 17.7 Å². The molecule has 14 aromatic rings. The molecule has 2 aromatic heterocycles. The SMILES string of the molecule is O=C(Nc1nn(C(c2ccccc2)(c2ccccc2)c2ccccc2)c2ccc(Cc3cc(F)cc(F)c3)cc12)c1cc(C(=O)N2CCCC2CN2CCCC2)ccc1F.O=C(O)c1ccc(F)c(C(=O)Nc2nn(C(c3ccccc3)(c3ccccc3)c3ccccc3)c3ccc(Cc4cc(F)cc(F)c4)cc23)c1. The number of nitrogens with one attached hydrogen (secondary N) is 2. The highest BCUT2D eigenvalue weighted by atomic mass is 19.2. The first kappa shape index (κ1) is 72.6. The first-order valence-electron chi connectivity index (χ1n) is 36.3. The maximum absolute atomic E-state index is 15.8. The zero-order valence-corrected chi connectivity index (χ0v) is 59.4. The lowest BCUT2D eigenvalue weighted by molar-refractivity contribution is 0.0691. The molecule has 0 bridgehead atoms. The Bertz CT molecular complexity index is 5500. The number of rotatable bonds is 20. The first-order chi connectivity index (χ1) is 53.5. The maximum Gasteiger partial charge on any atom is 0.335 e. The van der Waals surface area contributed by atoms with E-state index in [2.05, 4.69) is 15.5 Å². The monoisotopic (exact) mass is 1470 g/mol. The number of carboxylic acids is 1. The number of carbonyl (C=O) groups is 4. The lowest BCUT2D eigenvalue weighted by Gasteiger charge is -2.37. The fourth-order valence-corrected chi connectivity index (χ4v) is 15.7. The standard InChI is InChI=1S/C50H44F3N5O2.C41H28F3N3O3/c51-40-28-35(29-41(52)32-40)27-34-20-23-46-44(30-34)47(55-58(46)50(37-13-4-1-5-14-37,38-15-6-2-7-16-38)39-17-8-3-9-18-39)54-48(59)43-31-36(21-22-45(43)53)49(60)57-26-12-19-42(57)33-56-24-10-11-25-56;42-32-21-27(22-33(43)25-32)20-26-16-19-37-35(23-26)38(45-39(48)34-24-28(40(49)50)17-18-36(34)44)46-47(37)41(29-10-4-1-5-11-29,30-12-6-2-7-13-30)31-14-8-3-9-15-31/h1-9,13-18,20-23,28-32,42H,10-12,19,24-27,33H2,(H,54,55,59);1-19,21-25H,20H2,(H,49,50)(H,45,46,48). The van der Waals surface area contributed by atoms with E-state index in [0.29, 0.717) is 50.6 Å². The number of fused-ring (bicyclic) bond motifs is 2. The number of hydrogen-bond acceptors (Lipinski definition) is 7. The summed E-state index contributed by atoms with van der Waals surface area (Å²) in [5.74, 6) is -7.44. The van der Waals surface area contributed by atoms with Gasteiger partial charge in [0.05, 0.1) is 27.7 Å². The van der Waals surface area contributed by atoms with Crippen molar-refractivity contribution < 1.29 is 50.6 Å². The molecule has 16 rings (SSSR count). The van der Waals surface area contributed by atoms with Crippen LogP contribution in [0.2, 0.25) is 0 Å². The summed E-state index contributed by atoms with van der Waals surface area (Å²) in [6.45, 7) is 3.47. The molecule has 13 nitrogen and oxygen atoms in total. The summed E-state index contributed by atoms with van der Waals surface area (Å²) < 4.78 is 91.3. The number of aromatic nitrogens is 4. The first-order valence-corrected chi connectivity index (χ1v) is 36.3. The fraction of sp³-hybridized carbons (Fsp3) is 0.143. The Morgan fingerprint density at radius 2 is 0.745 bits per heavy atom. The van der Waals surface area contributed by atoms with Crippen LogP contribution in [0.15, 0.2) is 291 Å². The van der Waals surface area contributed by atoms with Gasteiger partial charge >= 0.3 is 5.97 Å². The van der Waals surface area contributed by atoms with Gasteiger partial charge in [-0.15, -0.1) is 0 Å². The molecule has 0 spiro atoms. The fourth-order valence-electron chi connectivity index (χ4n) is 15.7. The van der Waals surface area contributed by atoms with Gasteiger partial charge < -0.3 is 25.5 Å². The molecular weight excluding hydrogens is 1400 g/mol. The number of anilines is 2. The van der Waals surface area contributed by atoms with Gasteiger partial charge in [-0.1, -0.05) is 194 Å². The van der Waals surface area contributed by atoms with Gasteiger partial charge in [0, 0.05) is 47.6 Å². The quantitative estimate of drug-likeness (QED) is 0.0503. The van der Waals surface area contributed by atoms with Gasteiger partial charge in [-0.25, -0.2) is 40.5 Å². The van der Waals surface area contributed by atoms with Gasteiger partial charge in [0.1, 0.15) is 46.0 Å². The molecule has 0 saturated carbocycles. The summed E-state index contributed by atoms with van der Waals surface area (Å²) in [5.41, 5.74) is 5.76. The zero-order chi connectivity index (χ0) is 76.0. The van der Waals surface area contributed by atoms with Crippen LogP contribution in [0, 0.1) is 34.9 Å². The molecule has 1 atom stereocenters. The van der Waals surface area contributed by atoms with Gasteiger partial charge in [0.15, 0.2) is 11.6 Å². The number of amides is 3. The molecule has 110 heavy (non-hydrogen) atoms. The van der Waals surface area contributed by atoms with Crippen LogP contribution in [-0.2, 0) is 23.9 Å². The molecule has 548 valence electrons. The number of carbonyl (C=O) groups excluding carboxylic acids is 3. The maximum atomic E-state index is 15.8. The smallest absolute Gasteiger partial charge is 0.335 e. The minimum Gasteiger partial charge on any atom is -0.478 e. The highest BCUT2D eigenvalue weighted by Gasteiger charge is 2.43. The lowest BCUT2D eigenvalue weighted by Crippen LogP contribution is -2.42. The summed E-state index contributed by atoms with van der Waals surface area (Å²) in [4.78, 5) is 58.0. The zero-order valence-electron chi connectivity index (χ0n) is 59.4. The van der Waals surface area contributed by atoms with Gasteiger partial charge in [-0.2, -0.15) is 10.2 Å². The Hall–Kier alpha value is -13.0. The second-order valence-electron chi connectivity index (χ2n) is 27.7. The van der Waals surface area contributed by atoms with Crippen molar-refractivity contribution in [3.63, 3.8) is 0 Å². The van der Waals surface area contributed by atoms with Crippen LogP contribution in [0.3, 0.4) is 0 Å². The third-order valence-corrected chi connectivity index (χ3v) is 20.6. The Balaban J connectivity index is 0.000000178. The minimum absolute atomic E-state index is 0.0606. The van der Waals surface area contributed by atoms with Gasteiger partial charge in [-0.05, 0) is 192 Å². The topological polar surface area (TPSA) is 155 Å². The van der Waals surface area contributed by atoms with E-state index in [-0.39, 0.29) is 53.1 Å². The Morgan fingerprint density at radius 3 is 1.11 bits per heavy atom. The van der Waals surface area contributed by atoms with Crippen LogP contribution in [0.1, 0.15) is 123 Å². The number of aromatic carboxylic acids is 1. The van der Waals surface area contributed by atoms with Crippen molar-refractivity contribution in [1.29, 1.82) is 0 Å². The molecule has 0 aliphatic carbocycles. The molecule has 3 N–H and O–H groups in total. The summed E-state index contributed by atoms with van der Waals surface area (Å²) in [5, 5.41) is 26.4. The number of halogens is 6. The van der Waals surface area contributed by atoms with Gasteiger partial charge in [-0.3, -0.25) is 14.4 Å². The number of carboxylic acid groups (broad SMARTS) is 1. The highest BCUT2D eigenvalue weighted by Crippen LogP contribution is 2.46. The van der Waals surface area contributed by atoms with Gasteiger partial charge in [0.2, 0.25) is 0 Å². The highest BCUT2D eigenvalue weighted by molar-refractivity contribution is 6.10. The van der Waals surface area contributed by atoms with Crippen molar-refractivity contribution in [2.24, 2.45) is 0 Å². The van der Waals surface area contributed by atoms with Crippen LogP contribution in [0.25, 0.3) is 21.8 Å². The van der Waals surface area contributed by atoms with Crippen molar-refractivity contribution in [3.05, 3.63) is 404 Å². The van der Waals surface area contributed by atoms with Crippen LogP contribution in [-0.4, -0.2) is 90.4 Å². The number of likely N-dealkylation sites (tertiary alicyclic amines) is 2. The van der Waals surface area contributed by atoms with Crippen molar-refractivity contribution >= 4 is 57.1 Å². The molecule has 2 aliphatic rings. The third kappa shape index (κ3) is 14.6. The van der Waals surface area contributed by atoms with E-state index in [1.807, 2.05) is 227 Å². The Morgan fingerprint density at radius 1 is 0.391 bits per heavy atom. The average molecular weight is 1470 g/mol. The van der Waals surface area contributed by atoms with Crippen molar-refractivity contribution in [2.45, 2.75) is 55.6 Å². The van der Waals surface area contributed by atoms with Crippen LogP contribution in [0.5, 0.6) is 0 Å². The second-order valence-corrected chi connectivity index (χ2v) is 27.7. The largest absolute Gasteiger partial charge is 0.478 e.